The zero-order valence-electron chi connectivity index (χ0n) is 31.4. The van der Waals surface area contributed by atoms with Gasteiger partial charge in [-0.3, -0.25) is 9.36 Å². The summed E-state index contributed by atoms with van der Waals surface area (Å²) in [5.74, 6) is 1.07. The Labute approximate surface area is 311 Å². The van der Waals surface area contributed by atoms with Crippen LogP contribution in [0.1, 0.15) is 109 Å². The SMILES string of the molecule is CCC(CC(C/C=C/CCCC(=O)OC1CC(C)(C)N([O])C(C)(C)C1)c1ccccc1)c1ccc(OP(=O)(c2ccccc2)c2ccccc2)cc1. The van der Waals surface area contributed by atoms with Crippen molar-refractivity contribution in [1.82, 2.24) is 5.06 Å². The monoisotopic (exact) mass is 720 g/mol. The highest BCUT2D eigenvalue weighted by Gasteiger charge is 2.47. The summed E-state index contributed by atoms with van der Waals surface area (Å²) in [5.41, 5.74) is 1.43. The third-order valence-corrected chi connectivity index (χ3v) is 12.7. The molecule has 1 fully saturated rings. The molecule has 1 heterocycles. The lowest BCUT2D eigenvalue weighted by Gasteiger charge is -2.49. The van der Waals surface area contributed by atoms with E-state index in [2.05, 4.69) is 61.5 Å². The molecule has 0 saturated carbocycles. The minimum absolute atomic E-state index is 0.184. The first-order chi connectivity index (χ1) is 24.9. The first-order valence-electron chi connectivity index (χ1n) is 18.8. The number of ether oxygens (including phenoxy) is 1. The fourth-order valence-corrected chi connectivity index (χ4v) is 9.73. The maximum atomic E-state index is 14.4. The van der Waals surface area contributed by atoms with Gasteiger partial charge in [0.1, 0.15) is 11.9 Å². The van der Waals surface area contributed by atoms with Gasteiger partial charge in [0.2, 0.25) is 0 Å². The second-order valence-electron chi connectivity index (χ2n) is 15.4. The fourth-order valence-electron chi connectivity index (χ4n) is 7.67. The Balaban J connectivity index is 1.18. The van der Waals surface area contributed by atoms with Crippen LogP contribution in [0, 0.1) is 0 Å². The van der Waals surface area contributed by atoms with E-state index >= 15 is 0 Å². The van der Waals surface area contributed by atoms with Gasteiger partial charge in [-0.2, -0.15) is 0 Å². The van der Waals surface area contributed by atoms with Gasteiger partial charge in [0.25, 0.3) is 0 Å². The van der Waals surface area contributed by atoms with Gasteiger partial charge >= 0.3 is 13.3 Å². The number of hydroxylamine groups is 2. The van der Waals surface area contributed by atoms with Crippen LogP contribution in [0.3, 0.4) is 0 Å². The first-order valence-corrected chi connectivity index (χ1v) is 20.4. The number of allylic oxidation sites excluding steroid dienone is 2. The van der Waals surface area contributed by atoms with Crippen molar-refractivity contribution < 1.29 is 23.8 Å². The fraction of sp³-hybridized carbons (Fsp3) is 0.400. The summed E-state index contributed by atoms with van der Waals surface area (Å²) in [5, 5.41) is 15.1. The van der Waals surface area contributed by atoms with Gasteiger partial charge in [0, 0.05) is 30.3 Å². The lowest BCUT2D eigenvalue weighted by molar-refractivity contribution is -0.299. The molecule has 1 aliphatic heterocycles. The third kappa shape index (κ3) is 10.1. The normalized spacial score (nSPS) is 17.4. The van der Waals surface area contributed by atoms with E-state index in [0.29, 0.717) is 47.5 Å². The standard InChI is InChI=1S/C45H55NO5P/c1-6-35(37-28-30-39(31-29-37)51-52(49,41-23-15-10-16-24-41)42-25-17-11-18-26-42)32-38(36-20-13-9-14-21-36)22-12-7-8-19-27-43(47)50-40-33-44(2,3)46(48)45(4,5)34-40/h7,9-18,20-21,23-26,28-31,35,38,40H,6,8,19,22,27,32-34H2,1-5H3/b12-7+. The highest BCUT2D eigenvalue weighted by atomic mass is 31.2. The number of esters is 1. The number of piperidine rings is 1. The molecule has 2 unspecified atom stereocenters. The summed E-state index contributed by atoms with van der Waals surface area (Å²) in [6.07, 6.45) is 10.1. The number of hydrogen-bond acceptors (Lipinski definition) is 5. The van der Waals surface area contributed by atoms with Crippen LogP contribution in [0.5, 0.6) is 5.75 Å². The molecule has 0 amide bonds. The molecule has 0 aliphatic carbocycles. The van der Waals surface area contributed by atoms with Crippen LogP contribution in [-0.4, -0.2) is 28.2 Å². The second-order valence-corrected chi connectivity index (χ2v) is 17.7. The molecule has 0 aromatic heterocycles. The number of benzene rings is 4. The smallest absolute Gasteiger partial charge is 0.306 e. The Morgan fingerprint density at radius 2 is 1.29 bits per heavy atom. The molecule has 275 valence electrons. The second kappa shape index (κ2) is 17.7. The van der Waals surface area contributed by atoms with Crippen LogP contribution in [0.25, 0.3) is 0 Å². The number of unbranched alkanes of at least 4 members (excludes halogenated alkanes) is 1. The van der Waals surface area contributed by atoms with E-state index in [1.807, 2.05) is 100 Å². The Morgan fingerprint density at radius 1 is 0.769 bits per heavy atom. The molecule has 4 aromatic carbocycles. The predicted molar refractivity (Wildman–Crippen MR) is 211 cm³/mol. The summed E-state index contributed by atoms with van der Waals surface area (Å²) < 4.78 is 26.6. The van der Waals surface area contributed by atoms with Crippen molar-refractivity contribution in [3.05, 3.63) is 139 Å². The molecule has 1 saturated heterocycles. The number of rotatable bonds is 16. The Bertz CT molecular complexity index is 1710. The summed E-state index contributed by atoms with van der Waals surface area (Å²) in [6.45, 7) is 9.91. The molecule has 1 radical (unpaired) electrons. The van der Waals surface area contributed by atoms with Crippen molar-refractivity contribution in [2.45, 2.75) is 115 Å². The van der Waals surface area contributed by atoms with E-state index in [4.69, 9.17) is 9.26 Å². The lowest BCUT2D eigenvalue weighted by atomic mass is 9.80. The van der Waals surface area contributed by atoms with Crippen LogP contribution in [0.15, 0.2) is 127 Å². The summed E-state index contributed by atoms with van der Waals surface area (Å²) in [7, 11) is -3.35. The molecule has 0 bridgehead atoms. The van der Waals surface area contributed by atoms with Crippen molar-refractivity contribution in [2.75, 3.05) is 0 Å². The molecular weight excluding hydrogens is 665 g/mol. The van der Waals surface area contributed by atoms with Gasteiger partial charge in [-0.15, -0.1) is 10.3 Å². The zero-order valence-corrected chi connectivity index (χ0v) is 32.3. The van der Waals surface area contributed by atoms with Crippen LogP contribution in [0.4, 0.5) is 0 Å². The minimum Gasteiger partial charge on any atom is -0.462 e. The average Bonchev–Trinajstić information content (AvgIpc) is 3.14. The van der Waals surface area contributed by atoms with Crippen LogP contribution < -0.4 is 15.1 Å². The summed E-state index contributed by atoms with van der Waals surface area (Å²) in [6, 6.07) is 37.7. The maximum Gasteiger partial charge on any atom is 0.306 e. The average molecular weight is 721 g/mol. The molecule has 0 spiro atoms. The van der Waals surface area contributed by atoms with Crippen LogP contribution in [-0.2, 0) is 19.3 Å². The van der Waals surface area contributed by atoms with Gasteiger partial charge in [0.05, 0.1) is 10.6 Å². The van der Waals surface area contributed by atoms with Crippen molar-refractivity contribution in [3.8, 4) is 5.75 Å². The molecule has 52 heavy (non-hydrogen) atoms. The van der Waals surface area contributed by atoms with Gasteiger partial charge in [-0.05, 0) is 119 Å². The molecule has 0 N–H and O–H groups in total. The quantitative estimate of drug-likeness (QED) is 0.0498. The number of carbonyl (C=O) groups excluding carboxylic acids is 1. The van der Waals surface area contributed by atoms with E-state index in [1.165, 1.54) is 11.1 Å². The molecule has 5 rings (SSSR count). The topological polar surface area (TPSA) is 75.7 Å². The van der Waals surface area contributed by atoms with Gasteiger partial charge in [-0.25, -0.2) is 0 Å². The van der Waals surface area contributed by atoms with Gasteiger partial charge in [0.15, 0.2) is 0 Å². The van der Waals surface area contributed by atoms with Crippen LogP contribution in [0.2, 0.25) is 0 Å². The number of carbonyl (C=O) groups is 1. The highest BCUT2D eigenvalue weighted by molar-refractivity contribution is 7.74. The predicted octanol–water partition coefficient (Wildman–Crippen LogP) is 10.7. The van der Waals surface area contributed by atoms with E-state index in [-0.39, 0.29) is 12.1 Å². The number of nitrogens with zero attached hydrogens (tertiary/aromatic N) is 1. The van der Waals surface area contributed by atoms with Crippen molar-refractivity contribution in [2.24, 2.45) is 0 Å². The largest absolute Gasteiger partial charge is 0.462 e. The summed E-state index contributed by atoms with van der Waals surface area (Å²) >= 11 is 0. The molecule has 2 atom stereocenters. The van der Waals surface area contributed by atoms with E-state index in [1.54, 1.807) is 0 Å². The van der Waals surface area contributed by atoms with Crippen molar-refractivity contribution >= 4 is 23.9 Å². The molecule has 6 nitrogen and oxygen atoms in total. The van der Waals surface area contributed by atoms with Crippen LogP contribution >= 0.6 is 7.37 Å². The lowest BCUT2D eigenvalue weighted by Crippen LogP contribution is -2.60. The Hall–Kier alpha value is -3.96. The van der Waals surface area contributed by atoms with Crippen molar-refractivity contribution in [1.29, 1.82) is 0 Å². The van der Waals surface area contributed by atoms with E-state index in [9.17, 15) is 14.6 Å². The Kier molecular flexibility index (Phi) is 13.4. The minimum atomic E-state index is -3.35. The van der Waals surface area contributed by atoms with E-state index in [0.717, 1.165) is 37.2 Å². The highest BCUT2D eigenvalue weighted by Crippen LogP contribution is 2.45. The summed E-state index contributed by atoms with van der Waals surface area (Å²) in [4.78, 5) is 12.7. The number of hydrogen-bond donors (Lipinski definition) is 0. The molecular formula is C45H55NO5P. The van der Waals surface area contributed by atoms with Gasteiger partial charge < -0.3 is 9.26 Å². The Morgan fingerprint density at radius 3 is 1.83 bits per heavy atom. The first kappa shape index (κ1) is 39.3. The molecule has 7 heteroatoms. The van der Waals surface area contributed by atoms with E-state index < -0.39 is 18.4 Å². The molecule has 1 aliphatic rings. The van der Waals surface area contributed by atoms with Crippen molar-refractivity contribution in [3.63, 3.8) is 0 Å². The zero-order chi connectivity index (χ0) is 37.2. The van der Waals surface area contributed by atoms with Gasteiger partial charge in [-0.1, -0.05) is 97.9 Å². The molecule has 4 aromatic rings. The maximum absolute atomic E-state index is 14.4. The third-order valence-electron chi connectivity index (χ3n) is 10.3.